The van der Waals surface area contributed by atoms with Crippen molar-refractivity contribution in [1.29, 1.82) is 0 Å². The molecule has 2 atom stereocenters. The Bertz CT molecular complexity index is 771. The molecule has 8 heteroatoms. The number of hydrogen-bond acceptors (Lipinski definition) is 3. The van der Waals surface area contributed by atoms with E-state index in [4.69, 9.17) is 0 Å². The molecule has 1 saturated heterocycles. The summed E-state index contributed by atoms with van der Waals surface area (Å²) in [4.78, 5) is 14.5. The van der Waals surface area contributed by atoms with Crippen LogP contribution in [0.3, 0.4) is 0 Å². The van der Waals surface area contributed by atoms with Crippen molar-refractivity contribution in [3.8, 4) is 5.69 Å². The highest BCUT2D eigenvalue weighted by Gasteiger charge is 2.35. The highest BCUT2D eigenvalue weighted by atomic mass is 19.4. The number of alkyl halides is 3. The second-order valence-electron chi connectivity index (χ2n) is 6.16. The molecule has 1 aromatic carbocycles. The van der Waals surface area contributed by atoms with E-state index in [1.165, 1.54) is 12.1 Å². The van der Waals surface area contributed by atoms with Gasteiger partial charge in [-0.15, -0.1) is 0 Å². The summed E-state index contributed by atoms with van der Waals surface area (Å²) in [7, 11) is 0. The summed E-state index contributed by atoms with van der Waals surface area (Å²) >= 11 is 0. The van der Waals surface area contributed by atoms with Gasteiger partial charge in [0.1, 0.15) is 5.69 Å². The van der Waals surface area contributed by atoms with E-state index in [9.17, 15) is 18.0 Å². The number of nitrogens with one attached hydrogen (secondary N) is 1. The highest BCUT2D eigenvalue weighted by Crippen LogP contribution is 2.30. The smallest absolute Gasteiger partial charge is 0.333 e. The maximum atomic E-state index is 13.1. The highest BCUT2D eigenvalue weighted by molar-refractivity contribution is 5.95. The number of benzene rings is 1. The van der Waals surface area contributed by atoms with Gasteiger partial charge in [-0.1, -0.05) is 6.07 Å². The molecule has 1 aliphatic rings. The van der Waals surface area contributed by atoms with Crippen LogP contribution in [0.25, 0.3) is 5.69 Å². The summed E-state index contributed by atoms with van der Waals surface area (Å²) in [5.74, 6) is -0.191. The van der Waals surface area contributed by atoms with Crippen LogP contribution in [0, 0.1) is 0 Å². The lowest BCUT2D eigenvalue weighted by Crippen LogP contribution is -2.57. The molecule has 2 unspecified atom stereocenters. The van der Waals surface area contributed by atoms with Gasteiger partial charge in [-0.25, -0.2) is 4.68 Å². The molecular formula is C17H19F3N4O. The van der Waals surface area contributed by atoms with Crippen molar-refractivity contribution in [2.45, 2.75) is 32.1 Å². The van der Waals surface area contributed by atoms with E-state index in [1.54, 1.807) is 17.0 Å². The third kappa shape index (κ3) is 3.39. The van der Waals surface area contributed by atoms with E-state index in [-0.39, 0.29) is 23.7 Å². The quantitative estimate of drug-likeness (QED) is 0.904. The average Bonchev–Trinajstić information content (AvgIpc) is 3.07. The Hall–Kier alpha value is -2.35. The number of carbonyl (C=O) groups is 1. The summed E-state index contributed by atoms with van der Waals surface area (Å²) < 4.78 is 40.0. The molecule has 0 radical (unpaired) electrons. The van der Waals surface area contributed by atoms with Crippen molar-refractivity contribution in [1.82, 2.24) is 20.0 Å². The van der Waals surface area contributed by atoms with Gasteiger partial charge in [0.05, 0.1) is 11.9 Å². The third-order valence-electron chi connectivity index (χ3n) is 4.57. The minimum absolute atomic E-state index is 0.000320. The second-order valence-corrected chi connectivity index (χ2v) is 6.16. The van der Waals surface area contributed by atoms with Crippen molar-refractivity contribution in [2.24, 2.45) is 0 Å². The van der Waals surface area contributed by atoms with Gasteiger partial charge in [0.2, 0.25) is 0 Å². The molecule has 0 saturated carbocycles. The molecule has 1 N–H and O–H groups in total. The molecule has 1 aliphatic heterocycles. The van der Waals surface area contributed by atoms with Crippen molar-refractivity contribution < 1.29 is 18.0 Å². The Labute approximate surface area is 143 Å². The fraction of sp³-hybridized carbons (Fsp3) is 0.412. The zero-order valence-corrected chi connectivity index (χ0v) is 13.9. The lowest BCUT2D eigenvalue weighted by molar-refractivity contribution is -0.142. The maximum Gasteiger partial charge on any atom is 0.433 e. The lowest BCUT2D eigenvalue weighted by Gasteiger charge is -2.38. The summed E-state index contributed by atoms with van der Waals surface area (Å²) in [5, 5.41) is 7.05. The van der Waals surface area contributed by atoms with Crippen LogP contribution < -0.4 is 5.32 Å². The Kier molecular flexibility index (Phi) is 4.55. The third-order valence-corrected chi connectivity index (χ3v) is 4.57. The summed E-state index contributed by atoms with van der Waals surface area (Å²) in [6.45, 7) is 5.20. The van der Waals surface area contributed by atoms with Crippen LogP contribution in [-0.2, 0) is 6.18 Å². The number of piperazine rings is 1. The fourth-order valence-corrected chi connectivity index (χ4v) is 3.00. The minimum Gasteiger partial charge on any atom is -0.333 e. The predicted octanol–water partition coefficient (Wildman–Crippen LogP) is 2.71. The molecule has 25 heavy (non-hydrogen) atoms. The van der Waals surface area contributed by atoms with E-state index in [0.717, 1.165) is 16.9 Å². The molecule has 3 rings (SSSR count). The van der Waals surface area contributed by atoms with Gasteiger partial charge < -0.3 is 10.2 Å². The van der Waals surface area contributed by atoms with E-state index in [0.29, 0.717) is 18.7 Å². The molecule has 2 aromatic rings. The van der Waals surface area contributed by atoms with Crippen LogP contribution in [0.5, 0.6) is 0 Å². The summed E-state index contributed by atoms with van der Waals surface area (Å²) in [6.07, 6.45) is -3.42. The van der Waals surface area contributed by atoms with Gasteiger partial charge in [0.15, 0.2) is 0 Å². The van der Waals surface area contributed by atoms with E-state index >= 15 is 0 Å². The number of hydrogen-bond donors (Lipinski definition) is 1. The number of amides is 1. The monoisotopic (exact) mass is 352 g/mol. The first-order valence-corrected chi connectivity index (χ1v) is 8.05. The van der Waals surface area contributed by atoms with Gasteiger partial charge in [-0.2, -0.15) is 18.3 Å². The predicted molar refractivity (Wildman–Crippen MR) is 86.5 cm³/mol. The van der Waals surface area contributed by atoms with E-state index in [1.807, 2.05) is 13.8 Å². The molecule has 134 valence electrons. The SMILES string of the molecule is CC1NCCN(C(=O)c2cccc(-n3nccc3C(F)(F)F)c2)C1C. The van der Waals surface area contributed by atoms with Gasteiger partial charge in [0, 0.05) is 30.7 Å². The van der Waals surface area contributed by atoms with Gasteiger partial charge >= 0.3 is 6.18 Å². The fourth-order valence-electron chi connectivity index (χ4n) is 3.00. The number of halogens is 3. The Morgan fingerprint density at radius 2 is 2.04 bits per heavy atom. The maximum absolute atomic E-state index is 13.1. The van der Waals surface area contributed by atoms with Crippen LogP contribution >= 0.6 is 0 Å². The van der Waals surface area contributed by atoms with Crippen LogP contribution in [0.2, 0.25) is 0 Å². The molecule has 1 fully saturated rings. The first-order chi connectivity index (χ1) is 11.8. The van der Waals surface area contributed by atoms with Crippen molar-refractivity contribution >= 4 is 5.91 Å². The standard InChI is InChI=1S/C17H19F3N4O/c1-11-12(2)23(9-8-21-11)16(25)13-4-3-5-14(10-13)24-15(6-7-22-24)17(18,19)20/h3-7,10-12,21H,8-9H2,1-2H3. The van der Waals surface area contributed by atoms with Crippen molar-refractivity contribution in [2.75, 3.05) is 13.1 Å². The van der Waals surface area contributed by atoms with Gasteiger partial charge in [-0.05, 0) is 38.1 Å². The molecule has 0 bridgehead atoms. The zero-order chi connectivity index (χ0) is 18.2. The van der Waals surface area contributed by atoms with Crippen LogP contribution in [0.1, 0.15) is 29.9 Å². The van der Waals surface area contributed by atoms with Crippen LogP contribution in [0.4, 0.5) is 13.2 Å². The number of rotatable bonds is 2. The molecular weight excluding hydrogens is 333 g/mol. The Morgan fingerprint density at radius 3 is 2.76 bits per heavy atom. The Morgan fingerprint density at radius 1 is 1.28 bits per heavy atom. The number of carbonyl (C=O) groups excluding carboxylic acids is 1. The Balaban J connectivity index is 1.92. The normalized spacial score (nSPS) is 21.4. The molecule has 0 spiro atoms. The summed E-state index contributed by atoms with van der Waals surface area (Å²) in [5.41, 5.74) is -0.317. The largest absolute Gasteiger partial charge is 0.433 e. The molecule has 5 nitrogen and oxygen atoms in total. The molecule has 1 aromatic heterocycles. The van der Waals surface area contributed by atoms with Crippen LogP contribution in [0.15, 0.2) is 36.5 Å². The second kappa shape index (κ2) is 6.51. The number of aromatic nitrogens is 2. The van der Waals surface area contributed by atoms with Gasteiger partial charge in [-0.3, -0.25) is 4.79 Å². The topological polar surface area (TPSA) is 50.2 Å². The minimum atomic E-state index is -4.51. The van der Waals surface area contributed by atoms with Gasteiger partial charge in [0.25, 0.3) is 5.91 Å². The molecule has 1 amide bonds. The average molecular weight is 352 g/mol. The van der Waals surface area contributed by atoms with E-state index < -0.39 is 11.9 Å². The summed E-state index contributed by atoms with van der Waals surface area (Å²) in [6, 6.07) is 7.20. The first-order valence-electron chi connectivity index (χ1n) is 8.05. The lowest BCUT2D eigenvalue weighted by atomic mass is 10.0. The van der Waals surface area contributed by atoms with Crippen molar-refractivity contribution in [3.05, 3.63) is 47.8 Å². The van der Waals surface area contributed by atoms with Crippen LogP contribution in [-0.4, -0.2) is 45.8 Å². The van der Waals surface area contributed by atoms with E-state index in [2.05, 4.69) is 10.4 Å². The first kappa shape index (κ1) is 17.5. The van der Waals surface area contributed by atoms with Crippen molar-refractivity contribution in [3.63, 3.8) is 0 Å². The molecule has 2 heterocycles. The molecule has 0 aliphatic carbocycles. The zero-order valence-electron chi connectivity index (χ0n) is 13.9. The number of nitrogens with zero attached hydrogens (tertiary/aromatic N) is 3.